The fourth-order valence-electron chi connectivity index (χ4n) is 8.69. The molecule has 262 valence electrons. The van der Waals surface area contributed by atoms with Crippen LogP contribution >= 0.6 is 0 Å². The van der Waals surface area contributed by atoms with Gasteiger partial charge in [0.25, 0.3) is 0 Å². The lowest BCUT2D eigenvalue weighted by Crippen LogP contribution is -1.94. The summed E-state index contributed by atoms with van der Waals surface area (Å²) < 4.78 is 4.84. The highest BCUT2D eigenvalue weighted by molar-refractivity contribution is 6.18. The number of aromatic nitrogens is 2. The molecule has 2 heteroatoms. The molecule has 0 aliphatic heterocycles. The molecule has 2 aromatic heterocycles. The van der Waals surface area contributed by atoms with Gasteiger partial charge in [-0.05, 0) is 117 Å². The zero-order chi connectivity index (χ0) is 37.0. The molecule has 56 heavy (non-hydrogen) atoms. The maximum absolute atomic E-state index is 2.44. The number of hydrogen-bond donors (Lipinski definition) is 0. The van der Waals surface area contributed by atoms with Crippen molar-refractivity contribution in [1.29, 1.82) is 0 Å². The van der Waals surface area contributed by atoms with Crippen LogP contribution in [0.4, 0.5) is 0 Å². The molecular weight excluding hydrogens is 677 g/mol. The summed E-state index contributed by atoms with van der Waals surface area (Å²) in [7, 11) is 0. The summed E-state index contributed by atoms with van der Waals surface area (Å²) in [5, 5.41) is 4.97. The molecule has 0 bridgehead atoms. The quantitative estimate of drug-likeness (QED) is 0.162. The topological polar surface area (TPSA) is 9.86 Å². The van der Waals surface area contributed by atoms with Crippen LogP contribution in [0.25, 0.3) is 99.5 Å². The van der Waals surface area contributed by atoms with Crippen molar-refractivity contribution in [1.82, 2.24) is 9.13 Å². The van der Waals surface area contributed by atoms with Crippen molar-refractivity contribution in [3.8, 4) is 55.9 Å². The van der Waals surface area contributed by atoms with Gasteiger partial charge in [-0.3, -0.25) is 0 Å². The number of hydrogen-bond acceptors (Lipinski definition) is 0. The van der Waals surface area contributed by atoms with Gasteiger partial charge in [0.05, 0.1) is 22.1 Å². The molecule has 2 heterocycles. The van der Waals surface area contributed by atoms with E-state index >= 15 is 0 Å². The first-order chi connectivity index (χ1) is 27.8. The first kappa shape index (κ1) is 32.0. The number of rotatable bonds is 6. The molecular formula is C54H36N2. The molecule has 0 unspecified atom stereocenters. The second kappa shape index (κ2) is 13.2. The van der Waals surface area contributed by atoms with E-state index in [2.05, 4.69) is 228 Å². The van der Waals surface area contributed by atoms with E-state index in [1.807, 2.05) is 0 Å². The van der Waals surface area contributed by atoms with Crippen LogP contribution in [0, 0.1) is 0 Å². The van der Waals surface area contributed by atoms with Gasteiger partial charge in [0.2, 0.25) is 0 Å². The fourth-order valence-corrected chi connectivity index (χ4v) is 8.69. The molecule has 0 aliphatic rings. The minimum atomic E-state index is 1.15. The second-order valence-electron chi connectivity index (χ2n) is 14.6. The molecule has 0 aliphatic carbocycles. The Morgan fingerprint density at radius 3 is 1.11 bits per heavy atom. The van der Waals surface area contributed by atoms with E-state index in [9.17, 15) is 0 Å². The van der Waals surface area contributed by atoms with Gasteiger partial charge < -0.3 is 9.13 Å². The van der Waals surface area contributed by atoms with Gasteiger partial charge in [0.15, 0.2) is 0 Å². The van der Waals surface area contributed by atoms with Crippen LogP contribution in [0.5, 0.6) is 0 Å². The number of nitrogens with zero attached hydrogens (tertiary/aromatic N) is 2. The van der Waals surface area contributed by atoms with E-state index in [1.165, 1.54) is 88.1 Å². The van der Waals surface area contributed by atoms with E-state index < -0.39 is 0 Å². The number of para-hydroxylation sites is 2. The van der Waals surface area contributed by atoms with Crippen LogP contribution in [0.15, 0.2) is 218 Å². The standard InChI is InChI=1S/C54H36N2/c1-6-16-37(17-7-1)40-26-29-50-47(32-40)48-33-41(27-30-51(48)55(50)44-22-12-4-13-23-44)42-28-31-52-49(34-42)54-46(39-20-10-3-11-21-39)35-43(38-18-8-2-9-19-38)36-53(54)56(52)45-24-14-5-15-25-45/h1-36H. The van der Waals surface area contributed by atoms with Crippen LogP contribution in [-0.4, -0.2) is 9.13 Å². The van der Waals surface area contributed by atoms with Gasteiger partial charge in [-0.15, -0.1) is 0 Å². The molecule has 2 nitrogen and oxygen atoms in total. The van der Waals surface area contributed by atoms with Crippen molar-refractivity contribution in [2.24, 2.45) is 0 Å². The fraction of sp³-hybridized carbons (Fsp3) is 0. The molecule has 11 aromatic rings. The lowest BCUT2D eigenvalue weighted by Gasteiger charge is -2.12. The summed E-state index contributed by atoms with van der Waals surface area (Å²) in [6.45, 7) is 0. The molecule has 0 saturated carbocycles. The van der Waals surface area contributed by atoms with Crippen molar-refractivity contribution in [2.45, 2.75) is 0 Å². The van der Waals surface area contributed by atoms with E-state index in [-0.39, 0.29) is 0 Å². The third kappa shape index (κ3) is 5.26. The summed E-state index contributed by atoms with van der Waals surface area (Å²) in [5.41, 5.74) is 16.7. The van der Waals surface area contributed by atoms with Gasteiger partial charge in [0, 0.05) is 32.9 Å². The second-order valence-corrected chi connectivity index (χ2v) is 14.6. The molecule has 0 saturated heterocycles. The van der Waals surface area contributed by atoms with Crippen LogP contribution in [0.3, 0.4) is 0 Å². The minimum Gasteiger partial charge on any atom is -0.309 e. The molecule has 0 fully saturated rings. The first-order valence-corrected chi connectivity index (χ1v) is 19.3. The Hall–Kier alpha value is -7.42. The van der Waals surface area contributed by atoms with Gasteiger partial charge in [-0.2, -0.15) is 0 Å². The molecule has 11 rings (SSSR count). The predicted octanol–water partition coefficient (Wildman–Crippen LogP) is 14.5. The van der Waals surface area contributed by atoms with Crippen molar-refractivity contribution in [3.05, 3.63) is 218 Å². The van der Waals surface area contributed by atoms with Gasteiger partial charge in [-0.1, -0.05) is 146 Å². The number of benzene rings is 9. The molecule has 0 spiro atoms. The minimum absolute atomic E-state index is 1.15. The largest absolute Gasteiger partial charge is 0.309 e. The third-order valence-electron chi connectivity index (χ3n) is 11.3. The van der Waals surface area contributed by atoms with E-state index in [1.54, 1.807) is 0 Å². The lowest BCUT2D eigenvalue weighted by molar-refractivity contribution is 1.18. The Morgan fingerprint density at radius 2 is 0.607 bits per heavy atom. The molecule has 0 radical (unpaired) electrons. The highest BCUT2D eigenvalue weighted by atomic mass is 15.0. The van der Waals surface area contributed by atoms with Crippen molar-refractivity contribution in [3.63, 3.8) is 0 Å². The maximum Gasteiger partial charge on any atom is 0.0553 e. The van der Waals surface area contributed by atoms with Crippen LogP contribution in [0.1, 0.15) is 0 Å². The van der Waals surface area contributed by atoms with Gasteiger partial charge in [-0.25, -0.2) is 0 Å². The number of fused-ring (bicyclic) bond motifs is 6. The smallest absolute Gasteiger partial charge is 0.0553 e. The Kier molecular flexibility index (Phi) is 7.53. The highest BCUT2D eigenvalue weighted by Crippen LogP contribution is 2.44. The third-order valence-corrected chi connectivity index (χ3v) is 11.3. The maximum atomic E-state index is 2.44. The molecule has 0 amide bonds. The molecule has 0 atom stereocenters. The molecule has 0 N–H and O–H groups in total. The average molecular weight is 713 g/mol. The summed E-state index contributed by atoms with van der Waals surface area (Å²) >= 11 is 0. The summed E-state index contributed by atoms with van der Waals surface area (Å²) in [5.74, 6) is 0. The van der Waals surface area contributed by atoms with Crippen molar-refractivity contribution in [2.75, 3.05) is 0 Å². The lowest BCUT2D eigenvalue weighted by atomic mass is 9.93. The van der Waals surface area contributed by atoms with Crippen LogP contribution in [0.2, 0.25) is 0 Å². The summed E-state index contributed by atoms with van der Waals surface area (Å²) in [4.78, 5) is 0. The summed E-state index contributed by atoms with van der Waals surface area (Å²) in [6.07, 6.45) is 0. The van der Waals surface area contributed by atoms with Gasteiger partial charge in [0.1, 0.15) is 0 Å². The normalized spacial score (nSPS) is 11.6. The van der Waals surface area contributed by atoms with Crippen molar-refractivity contribution < 1.29 is 0 Å². The average Bonchev–Trinajstić information content (AvgIpc) is 3.79. The summed E-state index contributed by atoms with van der Waals surface area (Å²) in [6, 6.07) is 79.4. The highest BCUT2D eigenvalue weighted by Gasteiger charge is 2.20. The van der Waals surface area contributed by atoms with E-state index in [0.717, 1.165) is 11.4 Å². The Morgan fingerprint density at radius 1 is 0.232 bits per heavy atom. The Labute approximate surface area is 325 Å². The first-order valence-electron chi connectivity index (χ1n) is 19.3. The van der Waals surface area contributed by atoms with E-state index in [4.69, 9.17) is 0 Å². The van der Waals surface area contributed by atoms with Gasteiger partial charge >= 0.3 is 0 Å². The van der Waals surface area contributed by atoms with Crippen molar-refractivity contribution >= 4 is 43.6 Å². The predicted molar refractivity (Wildman–Crippen MR) is 237 cm³/mol. The van der Waals surface area contributed by atoms with Crippen LogP contribution in [-0.2, 0) is 0 Å². The Bertz CT molecular complexity index is 3200. The van der Waals surface area contributed by atoms with Crippen LogP contribution < -0.4 is 0 Å². The zero-order valence-electron chi connectivity index (χ0n) is 30.7. The monoisotopic (exact) mass is 712 g/mol. The van der Waals surface area contributed by atoms with E-state index in [0.29, 0.717) is 0 Å². The zero-order valence-corrected chi connectivity index (χ0v) is 30.7. The Balaban J connectivity index is 1.18. The molecule has 9 aromatic carbocycles. The SMILES string of the molecule is c1ccc(-c2ccc3c(c2)c2cc(-c4ccc5c(c4)c4c(-c6ccccc6)cc(-c6ccccc6)cc4n5-c4ccccc4)ccc2n3-c2ccccc2)cc1.